The minimum atomic E-state index is -0.475. The molecule has 1 aliphatic rings. The zero-order valence-electron chi connectivity index (χ0n) is 9.29. The summed E-state index contributed by atoms with van der Waals surface area (Å²) in [5, 5.41) is 2.54. The van der Waals surface area contributed by atoms with Crippen molar-refractivity contribution < 1.29 is 9.59 Å². The summed E-state index contributed by atoms with van der Waals surface area (Å²) in [4.78, 5) is 21.9. The van der Waals surface area contributed by atoms with Crippen LogP contribution in [0, 0.1) is 11.8 Å². The topological polar surface area (TPSA) is 72.2 Å². The van der Waals surface area contributed by atoms with E-state index in [1.165, 1.54) is 0 Å². The van der Waals surface area contributed by atoms with Gasteiger partial charge in [-0.05, 0) is 25.7 Å². The number of unbranched alkanes of at least 4 members (excludes halogenated alkanes) is 1. The maximum Gasteiger partial charge on any atom is 0.312 e. The Morgan fingerprint density at radius 1 is 1.40 bits per heavy atom. The smallest absolute Gasteiger partial charge is 0.312 e. The van der Waals surface area contributed by atoms with E-state index in [-0.39, 0.29) is 5.92 Å². The van der Waals surface area contributed by atoms with Gasteiger partial charge in [-0.2, -0.15) is 0 Å². The first-order chi connectivity index (χ1) is 7.11. The van der Waals surface area contributed by atoms with E-state index in [1.807, 2.05) is 6.92 Å². The first-order valence-corrected chi connectivity index (χ1v) is 5.68. The minimum Gasteiger partial charge on any atom is -0.352 e. The van der Waals surface area contributed by atoms with Gasteiger partial charge in [0.25, 0.3) is 0 Å². The Morgan fingerprint density at radius 2 is 2.07 bits per heavy atom. The molecule has 0 spiro atoms. The van der Waals surface area contributed by atoms with E-state index in [0.717, 1.165) is 32.1 Å². The van der Waals surface area contributed by atoms with Crippen LogP contribution in [0.5, 0.6) is 0 Å². The van der Waals surface area contributed by atoms with Crippen LogP contribution in [0.2, 0.25) is 0 Å². The molecule has 1 aliphatic carbocycles. The summed E-state index contributed by atoms with van der Waals surface area (Å²) in [6.07, 6.45) is 4.97. The molecule has 4 nitrogen and oxygen atoms in total. The number of carbonyl (C=O) groups is 2. The highest BCUT2D eigenvalue weighted by Gasteiger charge is 2.32. The quantitative estimate of drug-likeness (QED) is 0.627. The van der Waals surface area contributed by atoms with E-state index >= 15 is 0 Å². The Bertz CT molecular complexity index is 237. The Kier molecular flexibility index (Phi) is 4.59. The van der Waals surface area contributed by atoms with Crippen LogP contribution in [0.25, 0.3) is 0 Å². The van der Waals surface area contributed by atoms with E-state index in [1.54, 1.807) is 0 Å². The monoisotopic (exact) mass is 212 g/mol. The molecule has 86 valence electrons. The lowest BCUT2D eigenvalue weighted by atomic mass is 9.96. The fourth-order valence-corrected chi connectivity index (χ4v) is 1.70. The van der Waals surface area contributed by atoms with Crippen LogP contribution in [-0.2, 0) is 4.79 Å². The summed E-state index contributed by atoms with van der Waals surface area (Å²) >= 11 is 0. The number of primary amides is 1. The molecule has 15 heavy (non-hydrogen) atoms. The van der Waals surface area contributed by atoms with Crippen molar-refractivity contribution in [1.82, 2.24) is 5.32 Å². The molecule has 1 saturated carbocycles. The van der Waals surface area contributed by atoms with Crippen LogP contribution in [0.4, 0.5) is 4.79 Å². The van der Waals surface area contributed by atoms with Gasteiger partial charge in [0.05, 0.1) is 0 Å². The summed E-state index contributed by atoms with van der Waals surface area (Å²) < 4.78 is 0. The number of ketones is 1. The van der Waals surface area contributed by atoms with Gasteiger partial charge in [0.2, 0.25) is 0 Å². The molecule has 4 heteroatoms. The molecule has 0 aromatic heterocycles. The number of amides is 2. The fraction of sp³-hybridized carbons (Fsp3) is 0.818. The van der Waals surface area contributed by atoms with Crippen molar-refractivity contribution in [3.8, 4) is 0 Å². The summed E-state index contributed by atoms with van der Waals surface area (Å²) in [6, 6.07) is -0.475. The molecule has 3 N–H and O–H groups in total. The third kappa shape index (κ3) is 4.81. The molecule has 0 aromatic carbocycles. The number of rotatable bonds is 7. The molecule has 1 fully saturated rings. The van der Waals surface area contributed by atoms with Gasteiger partial charge < -0.3 is 11.1 Å². The summed E-state index contributed by atoms with van der Waals surface area (Å²) in [5.74, 6) is 0.979. The third-order valence-corrected chi connectivity index (χ3v) is 2.83. The molecular weight excluding hydrogens is 192 g/mol. The van der Waals surface area contributed by atoms with Crippen molar-refractivity contribution in [2.24, 2.45) is 17.6 Å². The predicted molar refractivity (Wildman–Crippen MR) is 58.3 cm³/mol. The van der Waals surface area contributed by atoms with E-state index in [2.05, 4.69) is 5.32 Å². The number of urea groups is 1. The van der Waals surface area contributed by atoms with Gasteiger partial charge in [-0.3, -0.25) is 4.79 Å². The van der Waals surface area contributed by atoms with Crippen LogP contribution >= 0.6 is 0 Å². The predicted octanol–water partition coefficient (Wildman–Crippen LogP) is 1.44. The van der Waals surface area contributed by atoms with Crippen LogP contribution in [-0.4, -0.2) is 18.4 Å². The third-order valence-electron chi connectivity index (χ3n) is 2.83. The first-order valence-electron chi connectivity index (χ1n) is 5.68. The normalized spacial score (nSPS) is 17.1. The lowest BCUT2D eigenvalue weighted by Gasteiger charge is -2.09. The van der Waals surface area contributed by atoms with Gasteiger partial charge in [-0.15, -0.1) is 0 Å². The number of hydrogen-bond acceptors (Lipinski definition) is 2. The van der Waals surface area contributed by atoms with Crippen LogP contribution in [0.1, 0.15) is 39.0 Å². The van der Waals surface area contributed by atoms with Gasteiger partial charge in [-0.25, -0.2) is 4.79 Å². The highest BCUT2D eigenvalue weighted by atomic mass is 16.2. The molecule has 0 unspecified atom stereocenters. The van der Waals surface area contributed by atoms with Gasteiger partial charge >= 0.3 is 6.03 Å². The Hall–Kier alpha value is -1.06. The Balaban J connectivity index is 1.99. The summed E-state index contributed by atoms with van der Waals surface area (Å²) in [5.41, 5.74) is 4.93. The first kappa shape index (κ1) is 12.0. The van der Waals surface area contributed by atoms with Crippen molar-refractivity contribution >= 4 is 11.8 Å². The molecule has 1 rings (SSSR count). The largest absolute Gasteiger partial charge is 0.352 e. The maximum absolute atomic E-state index is 11.6. The van der Waals surface area contributed by atoms with Gasteiger partial charge in [-0.1, -0.05) is 13.3 Å². The minimum absolute atomic E-state index is 0.186. The van der Waals surface area contributed by atoms with Crippen molar-refractivity contribution in [2.75, 3.05) is 6.54 Å². The average Bonchev–Trinajstić information content (AvgIpc) is 2.98. The SMILES string of the molecule is C[C@H](CCCCNC(N)=O)C(=O)C1CC1. The lowest BCUT2D eigenvalue weighted by molar-refractivity contribution is -0.123. The average molecular weight is 212 g/mol. The molecule has 0 saturated heterocycles. The number of nitrogens with two attached hydrogens (primary N) is 1. The van der Waals surface area contributed by atoms with Crippen molar-refractivity contribution in [1.29, 1.82) is 0 Å². The fourth-order valence-electron chi connectivity index (χ4n) is 1.70. The number of nitrogens with one attached hydrogen (secondary N) is 1. The molecule has 2 amide bonds. The van der Waals surface area contributed by atoms with E-state index < -0.39 is 6.03 Å². The standard InChI is InChI=1S/C11H20N2O2/c1-8(10(14)9-5-6-9)4-2-3-7-13-11(12)15/h8-9H,2-7H2,1H3,(H3,12,13,15)/t8-/m1/s1. The lowest BCUT2D eigenvalue weighted by Crippen LogP contribution is -2.30. The van der Waals surface area contributed by atoms with E-state index in [4.69, 9.17) is 5.73 Å². The zero-order valence-corrected chi connectivity index (χ0v) is 9.29. The molecule has 1 atom stereocenters. The second-order valence-electron chi connectivity index (χ2n) is 4.36. The molecule has 0 aliphatic heterocycles. The van der Waals surface area contributed by atoms with Gasteiger partial charge in [0.15, 0.2) is 0 Å². The zero-order chi connectivity index (χ0) is 11.3. The van der Waals surface area contributed by atoms with E-state index in [9.17, 15) is 9.59 Å². The number of Topliss-reactive ketones (excluding diaryl/α,β-unsaturated/α-hetero) is 1. The Labute approximate surface area is 90.6 Å². The molecule has 0 aromatic rings. The van der Waals surface area contributed by atoms with Crippen LogP contribution in [0.3, 0.4) is 0 Å². The van der Waals surface area contributed by atoms with Crippen molar-refractivity contribution in [3.05, 3.63) is 0 Å². The Morgan fingerprint density at radius 3 is 2.60 bits per heavy atom. The second kappa shape index (κ2) is 5.73. The van der Waals surface area contributed by atoms with Crippen molar-refractivity contribution in [3.63, 3.8) is 0 Å². The highest BCUT2D eigenvalue weighted by molar-refractivity contribution is 5.85. The van der Waals surface area contributed by atoms with Gasteiger partial charge in [0.1, 0.15) is 5.78 Å². The van der Waals surface area contributed by atoms with Gasteiger partial charge in [0, 0.05) is 18.4 Å². The number of carbonyl (C=O) groups excluding carboxylic acids is 2. The van der Waals surface area contributed by atoms with Crippen LogP contribution in [0.15, 0.2) is 0 Å². The summed E-state index contributed by atoms with van der Waals surface area (Å²) in [6.45, 7) is 2.61. The van der Waals surface area contributed by atoms with Crippen molar-refractivity contribution in [2.45, 2.75) is 39.0 Å². The molecule has 0 heterocycles. The molecular formula is C11H20N2O2. The summed E-state index contributed by atoms with van der Waals surface area (Å²) in [7, 11) is 0. The maximum atomic E-state index is 11.6. The highest BCUT2D eigenvalue weighted by Crippen LogP contribution is 2.33. The van der Waals surface area contributed by atoms with E-state index in [0.29, 0.717) is 18.2 Å². The second-order valence-corrected chi connectivity index (χ2v) is 4.36. The molecule has 0 bridgehead atoms. The van der Waals surface area contributed by atoms with Crippen LogP contribution < -0.4 is 11.1 Å². The number of hydrogen-bond donors (Lipinski definition) is 2. The molecule has 0 radical (unpaired) electrons.